The summed E-state index contributed by atoms with van der Waals surface area (Å²) in [5.74, 6) is -0.676. The van der Waals surface area contributed by atoms with Gasteiger partial charge in [0.15, 0.2) is 0 Å². The molecule has 0 amide bonds. The third-order valence-electron chi connectivity index (χ3n) is 4.23. The second kappa shape index (κ2) is 7.44. The lowest BCUT2D eigenvalue weighted by Gasteiger charge is -2.41. The van der Waals surface area contributed by atoms with Gasteiger partial charge >= 0.3 is 5.97 Å². The van der Waals surface area contributed by atoms with Crippen molar-refractivity contribution in [3.8, 4) is 0 Å². The molecule has 2 atom stereocenters. The Morgan fingerprint density at radius 3 is 2.75 bits per heavy atom. The van der Waals surface area contributed by atoms with Crippen molar-refractivity contribution >= 4 is 5.97 Å². The van der Waals surface area contributed by atoms with E-state index in [9.17, 15) is 4.79 Å². The van der Waals surface area contributed by atoms with Gasteiger partial charge < -0.3 is 5.11 Å². The molecule has 2 unspecified atom stereocenters. The molecule has 0 saturated carbocycles. The maximum atomic E-state index is 11.1. The number of piperidine rings is 1. The van der Waals surface area contributed by atoms with E-state index in [1.165, 1.54) is 12.0 Å². The van der Waals surface area contributed by atoms with E-state index < -0.39 is 5.97 Å². The Labute approximate surface area is 121 Å². The Bertz CT molecular complexity index is 418. The van der Waals surface area contributed by atoms with Crippen LogP contribution in [0.3, 0.4) is 0 Å². The van der Waals surface area contributed by atoms with E-state index in [-0.39, 0.29) is 12.5 Å². The average Bonchev–Trinajstić information content (AvgIpc) is 2.46. The Kier molecular flexibility index (Phi) is 5.60. The van der Waals surface area contributed by atoms with Crippen molar-refractivity contribution in [3.05, 3.63) is 35.9 Å². The monoisotopic (exact) mass is 275 g/mol. The molecule has 0 spiro atoms. The van der Waals surface area contributed by atoms with Gasteiger partial charge in [-0.1, -0.05) is 50.1 Å². The molecule has 0 aromatic heterocycles. The predicted molar refractivity (Wildman–Crippen MR) is 80.7 cm³/mol. The number of hydrogen-bond donors (Lipinski definition) is 1. The Morgan fingerprint density at radius 1 is 1.35 bits per heavy atom. The summed E-state index contributed by atoms with van der Waals surface area (Å²) in [5, 5.41) is 9.14. The lowest BCUT2D eigenvalue weighted by atomic mass is 9.92. The molecule has 110 valence electrons. The molecule has 1 heterocycles. The molecule has 1 N–H and O–H groups in total. The van der Waals surface area contributed by atoms with Crippen molar-refractivity contribution in [3.63, 3.8) is 0 Å². The first-order valence-corrected chi connectivity index (χ1v) is 7.75. The first-order chi connectivity index (χ1) is 9.72. The molecule has 1 fully saturated rings. The maximum absolute atomic E-state index is 11.1. The predicted octanol–water partition coefficient (Wildman–Crippen LogP) is 3.86. The quantitative estimate of drug-likeness (QED) is 0.857. The van der Waals surface area contributed by atoms with Crippen LogP contribution in [0.4, 0.5) is 0 Å². The summed E-state index contributed by atoms with van der Waals surface area (Å²) >= 11 is 0. The van der Waals surface area contributed by atoms with Gasteiger partial charge in [-0.05, 0) is 31.4 Å². The van der Waals surface area contributed by atoms with Crippen LogP contribution in [-0.4, -0.2) is 28.6 Å². The average molecular weight is 275 g/mol. The van der Waals surface area contributed by atoms with Crippen LogP contribution in [0.1, 0.15) is 57.1 Å². The molecule has 20 heavy (non-hydrogen) atoms. The number of rotatable bonds is 6. The zero-order chi connectivity index (χ0) is 14.4. The van der Waals surface area contributed by atoms with Crippen molar-refractivity contribution < 1.29 is 9.90 Å². The van der Waals surface area contributed by atoms with E-state index in [2.05, 4.69) is 36.1 Å². The summed E-state index contributed by atoms with van der Waals surface area (Å²) in [7, 11) is 0. The summed E-state index contributed by atoms with van der Waals surface area (Å²) < 4.78 is 0. The lowest BCUT2D eigenvalue weighted by Crippen LogP contribution is -2.43. The number of likely N-dealkylation sites (tertiary alicyclic amines) is 1. The molecular weight excluding hydrogens is 250 g/mol. The number of aliphatic carboxylic acids is 1. The van der Waals surface area contributed by atoms with Crippen LogP contribution in [0.5, 0.6) is 0 Å². The molecule has 1 aliphatic rings. The molecule has 1 saturated heterocycles. The molecule has 1 aliphatic heterocycles. The highest BCUT2D eigenvalue weighted by Gasteiger charge is 2.30. The molecule has 1 aromatic carbocycles. The van der Waals surface area contributed by atoms with Gasteiger partial charge in [-0.3, -0.25) is 9.69 Å². The molecule has 0 aliphatic carbocycles. The Balaban J connectivity index is 2.19. The van der Waals surface area contributed by atoms with Gasteiger partial charge in [0.25, 0.3) is 0 Å². The molecule has 3 heteroatoms. The van der Waals surface area contributed by atoms with Crippen molar-refractivity contribution in [2.45, 2.75) is 57.5 Å². The number of carbonyl (C=O) groups is 1. The lowest BCUT2D eigenvalue weighted by molar-refractivity contribution is -0.139. The zero-order valence-electron chi connectivity index (χ0n) is 12.3. The van der Waals surface area contributed by atoms with E-state index in [0.717, 1.165) is 32.2 Å². The van der Waals surface area contributed by atoms with Crippen LogP contribution < -0.4 is 0 Å². The fourth-order valence-electron chi connectivity index (χ4n) is 3.33. The number of carboxylic acid groups (broad SMARTS) is 1. The smallest absolute Gasteiger partial charge is 0.304 e. The van der Waals surface area contributed by atoms with Gasteiger partial charge in [0.05, 0.1) is 6.42 Å². The largest absolute Gasteiger partial charge is 0.481 e. The maximum Gasteiger partial charge on any atom is 0.304 e. The van der Waals surface area contributed by atoms with E-state index in [1.54, 1.807) is 0 Å². The number of hydrogen-bond acceptors (Lipinski definition) is 2. The third-order valence-corrected chi connectivity index (χ3v) is 4.23. The highest BCUT2D eigenvalue weighted by atomic mass is 16.4. The van der Waals surface area contributed by atoms with Gasteiger partial charge in [0.1, 0.15) is 0 Å². The van der Waals surface area contributed by atoms with Gasteiger partial charge in [-0.2, -0.15) is 0 Å². The molecule has 0 radical (unpaired) electrons. The highest BCUT2D eigenvalue weighted by Crippen LogP contribution is 2.33. The Morgan fingerprint density at radius 2 is 2.10 bits per heavy atom. The third kappa shape index (κ3) is 3.83. The molecule has 0 bridgehead atoms. The van der Waals surface area contributed by atoms with E-state index in [4.69, 9.17) is 5.11 Å². The van der Waals surface area contributed by atoms with Gasteiger partial charge in [0, 0.05) is 12.1 Å². The highest BCUT2D eigenvalue weighted by molar-refractivity contribution is 5.67. The first kappa shape index (κ1) is 15.0. The number of nitrogens with zero attached hydrogens (tertiary/aromatic N) is 1. The molecule has 2 rings (SSSR count). The molecule has 3 nitrogen and oxygen atoms in total. The fraction of sp³-hybridized carbons (Fsp3) is 0.588. The summed E-state index contributed by atoms with van der Waals surface area (Å²) in [5.41, 5.74) is 1.33. The second-order valence-corrected chi connectivity index (χ2v) is 5.70. The standard InChI is InChI=1S/C17H25NO2/c1-2-8-16(14-9-4-3-5-10-14)18-12-7-6-11-15(18)13-17(19)20/h3-5,9-10,15-16H,2,6-8,11-13H2,1H3,(H,19,20). The van der Waals surface area contributed by atoms with Crippen molar-refractivity contribution in [2.24, 2.45) is 0 Å². The van der Waals surface area contributed by atoms with Crippen molar-refractivity contribution in [1.82, 2.24) is 4.90 Å². The normalized spacial score (nSPS) is 21.6. The number of carboxylic acids is 1. The molecule has 1 aromatic rings. The van der Waals surface area contributed by atoms with Crippen molar-refractivity contribution in [1.29, 1.82) is 0 Å². The second-order valence-electron chi connectivity index (χ2n) is 5.70. The summed E-state index contributed by atoms with van der Waals surface area (Å²) in [4.78, 5) is 13.5. The number of benzene rings is 1. The summed E-state index contributed by atoms with van der Waals surface area (Å²) in [6.45, 7) is 3.23. The minimum atomic E-state index is -0.676. The minimum Gasteiger partial charge on any atom is -0.481 e. The van der Waals surface area contributed by atoms with E-state index in [1.807, 2.05) is 6.07 Å². The SMILES string of the molecule is CCCC(c1ccccc1)N1CCCCC1CC(=O)O. The van der Waals surface area contributed by atoms with Crippen LogP contribution in [-0.2, 0) is 4.79 Å². The minimum absolute atomic E-state index is 0.193. The topological polar surface area (TPSA) is 40.5 Å². The Hall–Kier alpha value is -1.35. The molecular formula is C17H25NO2. The first-order valence-electron chi connectivity index (χ1n) is 7.75. The van der Waals surface area contributed by atoms with Crippen molar-refractivity contribution in [2.75, 3.05) is 6.54 Å². The van der Waals surface area contributed by atoms with Crippen LogP contribution >= 0.6 is 0 Å². The summed E-state index contributed by atoms with van der Waals surface area (Å²) in [6, 6.07) is 11.1. The van der Waals surface area contributed by atoms with E-state index >= 15 is 0 Å². The fourth-order valence-corrected chi connectivity index (χ4v) is 3.33. The van der Waals surface area contributed by atoms with Gasteiger partial charge in [-0.25, -0.2) is 0 Å². The van der Waals surface area contributed by atoms with Gasteiger partial charge in [0.2, 0.25) is 0 Å². The van der Waals surface area contributed by atoms with Gasteiger partial charge in [-0.15, -0.1) is 0 Å². The van der Waals surface area contributed by atoms with E-state index in [0.29, 0.717) is 6.04 Å². The van der Waals surface area contributed by atoms with Crippen LogP contribution in [0.25, 0.3) is 0 Å². The summed E-state index contributed by atoms with van der Waals surface area (Å²) in [6.07, 6.45) is 5.84. The van der Waals surface area contributed by atoms with Crippen LogP contribution in [0, 0.1) is 0 Å². The zero-order valence-corrected chi connectivity index (χ0v) is 12.3. The van der Waals surface area contributed by atoms with Crippen LogP contribution in [0.15, 0.2) is 30.3 Å². The van der Waals surface area contributed by atoms with Crippen LogP contribution in [0.2, 0.25) is 0 Å².